The number of hydrogen-bond acceptors (Lipinski definition) is 8. The van der Waals surface area contributed by atoms with E-state index in [-0.39, 0.29) is 4.90 Å². The number of nitrogens with zero attached hydrogens (tertiary/aromatic N) is 5. The van der Waals surface area contributed by atoms with E-state index in [1.165, 1.54) is 17.6 Å². The Kier molecular flexibility index (Phi) is 3.84. The molecule has 0 spiro atoms. The molecule has 4 rings (SSSR count). The molecule has 0 amide bonds. The Bertz CT molecular complexity index is 1010. The van der Waals surface area contributed by atoms with Gasteiger partial charge in [0.2, 0.25) is 0 Å². The van der Waals surface area contributed by atoms with Crippen molar-refractivity contribution in [1.29, 1.82) is 0 Å². The zero-order valence-corrected chi connectivity index (χ0v) is 15.5. The van der Waals surface area contributed by atoms with E-state index in [1.807, 2.05) is 13.1 Å². The molecule has 7 nitrogen and oxygen atoms in total. The Morgan fingerprint density at radius 2 is 2.08 bits per heavy atom. The van der Waals surface area contributed by atoms with Gasteiger partial charge in [-0.05, 0) is 12.1 Å². The predicted molar refractivity (Wildman–Crippen MR) is 99.2 cm³/mol. The molecule has 0 aliphatic carbocycles. The lowest BCUT2D eigenvalue weighted by atomic mass is 10.1. The average molecular weight is 375 g/mol. The summed E-state index contributed by atoms with van der Waals surface area (Å²) in [5, 5.41) is 0.829. The highest BCUT2D eigenvalue weighted by atomic mass is 32.2. The third-order valence-corrected chi connectivity index (χ3v) is 6.59. The first-order chi connectivity index (χ1) is 11.9. The molecular formula is C16H17N5O2S2. The smallest absolute Gasteiger partial charge is 0.186 e. The van der Waals surface area contributed by atoms with Crippen LogP contribution in [-0.4, -0.2) is 55.8 Å². The molecule has 9 heteroatoms. The Morgan fingerprint density at radius 1 is 1.28 bits per heavy atom. The minimum atomic E-state index is -3.30. The van der Waals surface area contributed by atoms with Gasteiger partial charge in [-0.1, -0.05) is 17.4 Å². The van der Waals surface area contributed by atoms with E-state index in [9.17, 15) is 8.42 Å². The summed E-state index contributed by atoms with van der Waals surface area (Å²) in [6.07, 6.45) is 6.32. The van der Waals surface area contributed by atoms with Crippen molar-refractivity contribution in [3.8, 4) is 0 Å². The van der Waals surface area contributed by atoms with Crippen LogP contribution in [0, 0.1) is 0 Å². The fraction of sp³-hybridized carbons (Fsp3) is 0.312. The minimum absolute atomic E-state index is 0.288. The second-order valence-electron chi connectivity index (χ2n) is 6.10. The Balaban J connectivity index is 1.57. The van der Waals surface area contributed by atoms with Gasteiger partial charge in [-0.2, -0.15) is 0 Å². The van der Waals surface area contributed by atoms with E-state index in [4.69, 9.17) is 0 Å². The van der Waals surface area contributed by atoms with Gasteiger partial charge in [-0.3, -0.25) is 4.98 Å². The Labute approximate surface area is 149 Å². The van der Waals surface area contributed by atoms with E-state index in [0.29, 0.717) is 11.6 Å². The summed E-state index contributed by atoms with van der Waals surface area (Å²) < 4.78 is 24.8. The van der Waals surface area contributed by atoms with Crippen LogP contribution in [0.15, 0.2) is 41.7 Å². The first kappa shape index (κ1) is 16.2. The number of thiazole rings is 1. The molecule has 3 aromatic rings. The Hall–Kier alpha value is -2.26. The van der Waals surface area contributed by atoms with Crippen LogP contribution in [0.5, 0.6) is 0 Å². The van der Waals surface area contributed by atoms with Crippen molar-refractivity contribution in [1.82, 2.24) is 15.0 Å². The molecule has 0 N–H and O–H groups in total. The van der Waals surface area contributed by atoms with Crippen LogP contribution in [0.4, 0.5) is 10.9 Å². The maximum absolute atomic E-state index is 12.0. The van der Waals surface area contributed by atoms with Gasteiger partial charge in [0.1, 0.15) is 11.3 Å². The van der Waals surface area contributed by atoms with Crippen molar-refractivity contribution in [2.75, 3.05) is 36.2 Å². The topological polar surface area (TPSA) is 79.3 Å². The molecule has 1 fully saturated rings. The molecular weight excluding hydrogens is 358 g/mol. The third-order valence-electron chi connectivity index (χ3n) is 4.36. The van der Waals surface area contributed by atoms with Gasteiger partial charge in [0, 0.05) is 38.8 Å². The lowest BCUT2D eigenvalue weighted by Gasteiger charge is -2.44. The molecule has 2 aromatic heterocycles. The number of rotatable bonds is 4. The number of fused-ring (bicyclic) bond motifs is 1. The maximum atomic E-state index is 12.0. The number of benzene rings is 1. The van der Waals surface area contributed by atoms with E-state index >= 15 is 0 Å². The zero-order chi connectivity index (χ0) is 17.6. The fourth-order valence-electron chi connectivity index (χ4n) is 2.86. The van der Waals surface area contributed by atoms with Crippen LogP contribution in [0.25, 0.3) is 10.2 Å². The van der Waals surface area contributed by atoms with E-state index in [1.54, 1.807) is 30.7 Å². The summed E-state index contributed by atoms with van der Waals surface area (Å²) in [4.78, 5) is 17.6. The number of hydrogen-bond donors (Lipinski definition) is 0. The molecule has 0 bridgehead atoms. The van der Waals surface area contributed by atoms with Crippen LogP contribution in [0.1, 0.15) is 0 Å². The van der Waals surface area contributed by atoms with Crippen LogP contribution in [0.2, 0.25) is 0 Å². The van der Waals surface area contributed by atoms with Gasteiger partial charge >= 0.3 is 0 Å². The third kappa shape index (κ3) is 2.93. The van der Waals surface area contributed by atoms with Crippen LogP contribution >= 0.6 is 11.3 Å². The molecule has 1 aliphatic rings. The molecule has 1 aromatic carbocycles. The second kappa shape index (κ2) is 5.92. The number of anilines is 2. The average Bonchev–Trinajstić information content (AvgIpc) is 2.97. The molecule has 0 atom stereocenters. The monoisotopic (exact) mass is 375 g/mol. The largest absolute Gasteiger partial charge is 0.351 e. The predicted octanol–water partition coefficient (Wildman–Crippen LogP) is 1.81. The van der Waals surface area contributed by atoms with Crippen LogP contribution in [-0.2, 0) is 9.84 Å². The van der Waals surface area contributed by atoms with E-state index in [0.717, 1.165) is 28.7 Å². The molecule has 1 saturated heterocycles. The first-order valence-electron chi connectivity index (χ1n) is 7.77. The maximum Gasteiger partial charge on any atom is 0.186 e. The first-order valence-corrected chi connectivity index (χ1v) is 10.5. The molecule has 3 heterocycles. The molecule has 25 heavy (non-hydrogen) atoms. The summed E-state index contributed by atoms with van der Waals surface area (Å²) >= 11 is 1.51. The van der Waals surface area contributed by atoms with Gasteiger partial charge in [0.25, 0.3) is 0 Å². The van der Waals surface area contributed by atoms with Crippen LogP contribution < -0.4 is 9.80 Å². The van der Waals surface area contributed by atoms with Gasteiger partial charge in [0.05, 0.1) is 21.8 Å². The van der Waals surface area contributed by atoms with Crippen LogP contribution in [0.3, 0.4) is 0 Å². The highest BCUT2D eigenvalue weighted by Crippen LogP contribution is 2.34. The van der Waals surface area contributed by atoms with Gasteiger partial charge < -0.3 is 9.80 Å². The van der Waals surface area contributed by atoms with Crippen molar-refractivity contribution in [3.05, 3.63) is 36.8 Å². The molecule has 0 radical (unpaired) electrons. The zero-order valence-electron chi connectivity index (χ0n) is 13.8. The highest BCUT2D eigenvalue weighted by Gasteiger charge is 2.32. The molecule has 0 unspecified atom stereocenters. The summed E-state index contributed by atoms with van der Waals surface area (Å²) in [6, 6.07) is 5.59. The van der Waals surface area contributed by atoms with Gasteiger partial charge in [0.15, 0.2) is 15.0 Å². The molecule has 130 valence electrons. The summed E-state index contributed by atoms with van der Waals surface area (Å²) in [6.45, 7) is 1.67. The van der Waals surface area contributed by atoms with E-state index in [2.05, 4.69) is 24.8 Å². The molecule has 1 aliphatic heterocycles. The van der Waals surface area contributed by atoms with Crippen molar-refractivity contribution in [2.24, 2.45) is 0 Å². The van der Waals surface area contributed by atoms with Gasteiger partial charge in [-0.15, -0.1) is 0 Å². The quantitative estimate of drug-likeness (QED) is 0.688. The van der Waals surface area contributed by atoms with Crippen molar-refractivity contribution in [2.45, 2.75) is 10.9 Å². The number of para-hydroxylation sites is 1. The number of likely N-dealkylation sites (N-methyl/N-ethyl adjacent to an activating group) is 1. The second-order valence-corrected chi connectivity index (χ2v) is 9.10. The van der Waals surface area contributed by atoms with Crippen molar-refractivity contribution < 1.29 is 8.42 Å². The fourth-order valence-corrected chi connectivity index (χ4v) is 4.78. The standard InChI is InChI=1S/C16H17N5O2S2/c1-20(11-9-21(10-11)14-8-17-6-7-18-14)16-19-15-12(24-16)4-3-5-13(15)25(2,22)23/h3-8,11H,9-10H2,1-2H3. The number of sulfone groups is 1. The minimum Gasteiger partial charge on any atom is -0.351 e. The summed E-state index contributed by atoms with van der Waals surface area (Å²) in [5.74, 6) is 0.871. The normalized spacial score (nSPS) is 15.4. The lowest BCUT2D eigenvalue weighted by Crippen LogP contribution is -2.59. The van der Waals surface area contributed by atoms with E-state index < -0.39 is 9.84 Å². The molecule has 0 saturated carbocycles. The SMILES string of the molecule is CN(c1nc2c(S(C)(=O)=O)cccc2s1)C1CN(c2cnccn2)C1. The highest BCUT2D eigenvalue weighted by molar-refractivity contribution is 7.91. The van der Waals surface area contributed by atoms with Crippen molar-refractivity contribution >= 4 is 42.3 Å². The number of aromatic nitrogens is 3. The summed E-state index contributed by atoms with van der Waals surface area (Å²) in [5.41, 5.74) is 0.557. The Morgan fingerprint density at radius 3 is 2.76 bits per heavy atom. The van der Waals surface area contributed by atoms with Crippen molar-refractivity contribution in [3.63, 3.8) is 0 Å². The summed E-state index contributed by atoms with van der Waals surface area (Å²) in [7, 11) is -1.30. The van der Waals surface area contributed by atoms with Gasteiger partial charge in [-0.25, -0.2) is 18.4 Å². The lowest BCUT2D eigenvalue weighted by molar-refractivity contribution is 0.491.